The maximum Gasteiger partial charge on any atom is 0.320 e. The molecule has 1 aromatic carbocycles. The summed E-state index contributed by atoms with van der Waals surface area (Å²) in [5.41, 5.74) is 16.6. The molecule has 0 radical (unpaired) electrons. The predicted octanol–water partition coefficient (Wildman–Crippen LogP) is 0.349. The summed E-state index contributed by atoms with van der Waals surface area (Å²) in [5, 5.41) is 33.1. The van der Waals surface area contributed by atoms with Gasteiger partial charge in [0, 0.05) is 6.42 Å². The van der Waals surface area contributed by atoms with Crippen LogP contribution in [0.4, 0.5) is 0 Å². The van der Waals surface area contributed by atoms with Gasteiger partial charge in [0.1, 0.15) is 18.1 Å². The molecule has 0 aliphatic carbocycles. The normalized spacial score (nSPS) is 13.7. The number of hydrogen-bond acceptors (Lipinski definition) is 7. The molecule has 0 heterocycles. The minimum absolute atomic E-state index is 0.0231. The SMILES string of the molecule is CC[C@H](C)[C@H](N)C(=O)O.N[C@@H](CCC(=O)O)C(=O)O.N[C@@H](Cc1ccccc1)C(=O)O. The third-order valence-electron chi connectivity index (χ3n) is 4.14. The number of carboxylic acid groups (broad SMARTS) is 4. The Morgan fingerprint density at radius 3 is 1.65 bits per heavy atom. The average Bonchev–Trinajstić information content (AvgIpc) is 2.72. The molecular weight excluding hydrogens is 410 g/mol. The van der Waals surface area contributed by atoms with Crippen LogP contribution in [-0.4, -0.2) is 62.4 Å². The Balaban J connectivity index is 0. The fourth-order valence-corrected chi connectivity index (χ4v) is 1.86. The topological polar surface area (TPSA) is 227 Å². The van der Waals surface area contributed by atoms with Crippen LogP contribution in [0.1, 0.15) is 38.7 Å². The van der Waals surface area contributed by atoms with Gasteiger partial charge < -0.3 is 37.6 Å². The third-order valence-corrected chi connectivity index (χ3v) is 4.14. The largest absolute Gasteiger partial charge is 0.481 e. The minimum Gasteiger partial charge on any atom is -0.481 e. The van der Waals surface area contributed by atoms with E-state index in [1.807, 2.05) is 44.2 Å². The summed E-state index contributed by atoms with van der Waals surface area (Å²) in [4.78, 5) is 40.4. The Kier molecular flexibility index (Phi) is 16.3. The molecule has 0 aromatic heterocycles. The van der Waals surface area contributed by atoms with Crippen molar-refractivity contribution >= 4 is 23.9 Å². The lowest BCUT2D eigenvalue weighted by molar-refractivity contribution is -0.141. The van der Waals surface area contributed by atoms with Crippen molar-refractivity contribution in [3.05, 3.63) is 35.9 Å². The van der Waals surface area contributed by atoms with Crippen molar-refractivity contribution in [2.24, 2.45) is 23.1 Å². The number of carbonyl (C=O) groups is 4. The summed E-state index contributed by atoms with van der Waals surface area (Å²) >= 11 is 0. The number of hydrogen-bond donors (Lipinski definition) is 7. The van der Waals surface area contributed by atoms with E-state index in [9.17, 15) is 19.2 Å². The summed E-state index contributed by atoms with van der Waals surface area (Å²) in [6.07, 6.45) is 0.974. The Bertz CT molecular complexity index is 684. The maximum absolute atomic E-state index is 10.4. The Morgan fingerprint density at radius 2 is 1.32 bits per heavy atom. The Hall–Kier alpha value is -3.02. The van der Waals surface area contributed by atoms with E-state index in [4.69, 9.17) is 37.6 Å². The standard InChI is InChI=1S/C9H11NO2.C6H13NO2.C5H9NO4/c10-8(9(11)12)6-7-4-2-1-3-5-7;1-3-4(2)5(7)6(8)9;6-3(5(9)10)1-2-4(7)8/h1-5,8H,6,10H2,(H,11,12);4-5H,3,7H2,1-2H3,(H,8,9);3H,1-2,6H2,(H,7,8)(H,9,10)/t8-;4-,5-;3-/m000/s1. The number of benzene rings is 1. The summed E-state index contributed by atoms with van der Waals surface area (Å²) in [6.45, 7) is 3.76. The highest BCUT2D eigenvalue weighted by atomic mass is 16.4. The van der Waals surface area contributed by atoms with E-state index in [1.54, 1.807) is 0 Å². The second kappa shape index (κ2) is 16.7. The minimum atomic E-state index is -1.17. The highest BCUT2D eigenvalue weighted by Crippen LogP contribution is 2.04. The summed E-state index contributed by atoms with van der Waals surface area (Å²) in [5.74, 6) is -4.00. The van der Waals surface area contributed by atoms with Gasteiger partial charge in [0.15, 0.2) is 0 Å². The molecule has 0 fully saturated rings. The smallest absolute Gasteiger partial charge is 0.320 e. The molecule has 1 rings (SSSR count). The number of carboxylic acids is 4. The molecule has 0 saturated carbocycles. The predicted molar refractivity (Wildman–Crippen MR) is 113 cm³/mol. The van der Waals surface area contributed by atoms with Gasteiger partial charge in [-0.05, 0) is 24.3 Å². The molecular formula is C20H33N3O8. The average molecular weight is 443 g/mol. The van der Waals surface area contributed by atoms with E-state index in [0.717, 1.165) is 12.0 Å². The Morgan fingerprint density at radius 1 is 0.839 bits per heavy atom. The van der Waals surface area contributed by atoms with Crippen LogP contribution in [0.2, 0.25) is 0 Å². The molecule has 10 N–H and O–H groups in total. The molecule has 0 amide bonds. The van der Waals surface area contributed by atoms with Crippen LogP contribution in [0.3, 0.4) is 0 Å². The van der Waals surface area contributed by atoms with Crippen molar-refractivity contribution < 1.29 is 39.6 Å². The lowest BCUT2D eigenvalue weighted by Gasteiger charge is -2.11. The highest BCUT2D eigenvalue weighted by molar-refractivity contribution is 5.75. The van der Waals surface area contributed by atoms with E-state index in [0.29, 0.717) is 6.42 Å². The van der Waals surface area contributed by atoms with Crippen molar-refractivity contribution in [2.45, 2.75) is 57.7 Å². The first kappa shape index (κ1) is 30.2. The van der Waals surface area contributed by atoms with Gasteiger partial charge in [0.25, 0.3) is 0 Å². The molecule has 1 aromatic rings. The molecule has 11 nitrogen and oxygen atoms in total. The van der Waals surface area contributed by atoms with Crippen molar-refractivity contribution in [3.63, 3.8) is 0 Å². The summed E-state index contributed by atoms with van der Waals surface area (Å²) < 4.78 is 0. The number of aliphatic carboxylic acids is 4. The first-order valence-corrected chi connectivity index (χ1v) is 9.54. The summed E-state index contributed by atoms with van der Waals surface area (Å²) in [7, 11) is 0. The third kappa shape index (κ3) is 16.5. The zero-order valence-corrected chi connectivity index (χ0v) is 17.7. The number of rotatable bonds is 10. The molecule has 0 unspecified atom stereocenters. The van der Waals surface area contributed by atoms with Crippen LogP contribution in [0, 0.1) is 5.92 Å². The van der Waals surface area contributed by atoms with Crippen molar-refractivity contribution in [1.29, 1.82) is 0 Å². The lowest BCUT2D eigenvalue weighted by atomic mass is 10.0. The van der Waals surface area contributed by atoms with Crippen LogP contribution in [0.25, 0.3) is 0 Å². The van der Waals surface area contributed by atoms with E-state index < -0.39 is 42.0 Å². The molecule has 176 valence electrons. The van der Waals surface area contributed by atoms with Crippen molar-refractivity contribution in [3.8, 4) is 0 Å². The molecule has 0 aliphatic rings. The van der Waals surface area contributed by atoms with Gasteiger partial charge in [0.05, 0.1) is 0 Å². The van der Waals surface area contributed by atoms with E-state index in [2.05, 4.69) is 0 Å². The Labute approximate surface area is 180 Å². The highest BCUT2D eigenvalue weighted by Gasteiger charge is 2.17. The van der Waals surface area contributed by atoms with Crippen LogP contribution in [0.15, 0.2) is 30.3 Å². The zero-order valence-electron chi connectivity index (χ0n) is 17.7. The molecule has 0 saturated heterocycles. The van der Waals surface area contributed by atoms with Crippen LogP contribution < -0.4 is 17.2 Å². The van der Waals surface area contributed by atoms with Gasteiger partial charge in [-0.1, -0.05) is 50.6 Å². The van der Waals surface area contributed by atoms with Crippen molar-refractivity contribution in [2.75, 3.05) is 0 Å². The molecule has 0 bridgehead atoms. The lowest BCUT2D eigenvalue weighted by Crippen LogP contribution is -2.36. The van der Waals surface area contributed by atoms with E-state index >= 15 is 0 Å². The second-order valence-electron chi connectivity index (χ2n) is 6.76. The van der Waals surface area contributed by atoms with Gasteiger partial charge in [-0.25, -0.2) is 0 Å². The van der Waals surface area contributed by atoms with Gasteiger partial charge in [-0.15, -0.1) is 0 Å². The molecule has 0 spiro atoms. The quantitative estimate of drug-likeness (QED) is 0.261. The van der Waals surface area contributed by atoms with E-state index in [1.165, 1.54) is 0 Å². The molecule has 11 heteroatoms. The van der Waals surface area contributed by atoms with Gasteiger partial charge in [0.2, 0.25) is 0 Å². The van der Waals surface area contributed by atoms with Gasteiger partial charge in [-0.2, -0.15) is 0 Å². The fourth-order valence-electron chi connectivity index (χ4n) is 1.86. The van der Waals surface area contributed by atoms with E-state index in [-0.39, 0.29) is 18.8 Å². The van der Waals surface area contributed by atoms with Crippen LogP contribution in [0.5, 0.6) is 0 Å². The number of nitrogens with two attached hydrogens (primary N) is 3. The first-order chi connectivity index (χ1) is 14.3. The molecule has 4 atom stereocenters. The zero-order chi connectivity index (χ0) is 24.6. The monoisotopic (exact) mass is 443 g/mol. The fraction of sp³-hybridized carbons (Fsp3) is 0.500. The maximum atomic E-state index is 10.4. The second-order valence-corrected chi connectivity index (χ2v) is 6.76. The molecule has 31 heavy (non-hydrogen) atoms. The van der Waals surface area contributed by atoms with Crippen LogP contribution >= 0.6 is 0 Å². The molecule has 0 aliphatic heterocycles. The van der Waals surface area contributed by atoms with Gasteiger partial charge in [-0.3, -0.25) is 19.2 Å². The van der Waals surface area contributed by atoms with Gasteiger partial charge >= 0.3 is 23.9 Å². The van der Waals surface area contributed by atoms with Crippen molar-refractivity contribution in [1.82, 2.24) is 0 Å². The van der Waals surface area contributed by atoms with Crippen LogP contribution in [-0.2, 0) is 25.6 Å². The summed E-state index contributed by atoms with van der Waals surface area (Å²) in [6, 6.07) is 6.79. The first-order valence-electron chi connectivity index (χ1n) is 9.54.